The Hall–Kier alpha value is -1.20. The van der Waals surface area contributed by atoms with Gasteiger partial charge >= 0.3 is 5.97 Å². The fraction of sp³-hybridized carbons (Fsp3) is 0.583. The number of carboxylic acids is 1. The predicted octanol–water partition coefficient (Wildman–Crippen LogP) is 0.0857. The molecule has 0 spiro atoms. The van der Waals surface area contributed by atoms with E-state index in [2.05, 4.69) is 38.5 Å². The van der Waals surface area contributed by atoms with Crippen molar-refractivity contribution in [1.29, 1.82) is 0 Å². The molecule has 0 aromatic carbocycles. The molecule has 0 bridgehead atoms. The smallest absolute Gasteiger partial charge is 0.332 e. The predicted molar refractivity (Wildman–Crippen MR) is 81.3 cm³/mol. The lowest BCUT2D eigenvalue weighted by Crippen LogP contribution is -2.53. The van der Waals surface area contributed by atoms with Crippen LogP contribution >= 0.6 is 22.6 Å². The van der Waals surface area contributed by atoms with Crippen molar-refractivity contribution in [2.45, 2.75) is 38.0 Å². The van der Waals surface area contributed by atoms with Gasteiger partial charge in [-0.1, -0.05) is 0 Å². The van der Waals surface area contributed by atoms with Crippen LogP contribution in [0.2, 0.25) is 0 Å². The molecule has 1 fully saturated rings. The number of amides is 1. The van der Waals surface area contributed by atoms with Crippen LogP contribution in [0.25, 0.3) is 0 Å². The van der Waals surface area contributed by atoms with E-state index in [1.165, 1.54) is 0 Å². The van der Waals surface area contributed by atoms with Crippen molar-refractivity contribution in [2.24, 2.45) is 0 Å². The third-order valence-corrected chi connectivity index (χ3v) is 3.90. The van der Waals surface area contributed by atoms with Gasteiger partial charge in [0.2, 0.25) is 0 Å². The molecule has 9 heteroatoms. The molecule has 2 atom stereocenters. The Bertz CT molecular complexity index is 545. The van der Waals surface area contributed by atoms with Crippen LogP contribution in [0.15, 0.2) is 12.4 Å². The lowest BCUT2D eigenvalue weighted by Gasteiger charge is -2.25. The minimum Gasteiger partial charge on any atom is -0.479 e. The highest BCUT2D eigenvalue weighted by Crippen LogP contribution is 2.16. The Morgan fingerprint density at radius 1 is 1.57 bits per heavy atom. The summed E-state index contributed by atoms with van der Waals surface area (Å²) in [5.41, 5.74) is 4.57. The lowest BCUT2D eigenvalue weighted by molar-refractivity contribution is -0.147. The summed E-state index contributed by atoms with van der Waals surface area (Å²) in [4.78, 5) is 23.0. The summed E-state index contributed by atoms with van der Waals surface area (Å²) in [6.07, 6.45) is 2.94. The third-order valence-electron chi connectivity index (χ3n) is 3.34. The Morgan fingerprint density at radius 3 is 2.81 bits per heavy atom. The van der Waals surface area contributed by atoms with Crippen molar-refractivity contribution < 1.29 is 19.4 Å². The molecule has 1 aromatic heterocycles. The normalized spacial score (nSPS) is 22.2. The molecule has 8 nitrogen and oxygen atoms in total. The van der Waals surface area contributed by atoms with E-state index in [0.717, 1.165) is 3.57 Å². The molecular weight excluding hydrogens is 391 g/mol. The summed E-state index contributed by atoms with van der Waals surface area (Å²) in [5.74, 6) is -1.25. The lowest BCUT2D eigenvalue weighted by atomic mass is 10.1. The van der Waals surface area contributed by atoms with E-state index in [1.54, 1.807) is 30.9 Å². The van der Waals surface area contributed by atoms with Crippen molar-refractivity contribution in [3.05, 3.63) is 16.0 Å². The van der Waals surface area contributed by atoms with Crippen LogP contribution in [-0.2, 0) is 19.9 Å². The molecular formula is C12H17IN4O4. The molecule has 1 unspecified atom stereocenters. The van der Waals surface area contributed by atoms with Gasteiger partial charge in [-0.25, -0.2) is 10.2 Å². The van der Waals surface area contributed by atoms with Gasteiger partial charge in [0.05, 0.1) is 22.4 Å². The van der Waals surface area contributed by atoms with Crippen molar-refractivity contribution in [2.75, 3.05) is 6.61 Å². The number of carbonyl (C=O) groups excluding carboxylic acids is 1. The summed E-state index contributed by atoms with van der Waals surface area (Å²) in [7, 11) is 0. The summed E-state index contributed by atoms with van der Waals surface area (Å²) in [6.45, 7) is 3.74. The maximum atomic E-state index is 12.3. The number of nitrogens with zero attached hydrogens (tertiary/aromatic N) is 2. The van der Waals surface area contributed by atoms with E-state index in [9.17, 15) is 9.59 Å². The van der Waals surface area contributed by atoms with Crippen LogP contribution in [-0.4, -0.2) is 45.5 Å². The van der Waals surface area contributed by atoms with Gasteiger partial charge in [0.1, 0.15) is 5.54 Å². The highest BCUT2D eigenvalue weighted by Gasteiger charge is 2.34. The molecule has 0 radical (unpaired) electrons. The molecule has 2 heterocycles. The number of carboxylic acid groups (broad SMARTS) is 1. The quantitative estimate of drug-likeness (QED) is 0.471. The first kappa shape index (κ1) is 16.2. The third kappa shape index (κ3) is 3.71. The molecule has 1 amide bonds. The average Bonchev–Trinajstić information content (AvgIpc) is 3.04. The first-order valence-electron chi connectivity index (χ1n) is 6.41. The number of hydrogen-bond donors (Lipinski definition) is 3. The van der Waals surface area contributed by atoms with E-state index in [1.807, 2.05) is 0 Å². The zero-order valence-corrected chi connectivity index (χ0v) is 13.8. The summed E-state index contributed by atoms with van der Waals surface area (Å²) in [5, 5.41) is 13.0. The molecule has 2 rings (SSSR count). The fourth-order valence-electron chi connectivity index (χ4n) is 1.93. The zero-order chi connectivity index (χ0) is 15.6. The van der Waals surface area contributed by atoms with Crippen LogP contribution in [0.3, 0.4) is 0 Å². The second-order valence-corrected chi connectivity index (χ2v) is 6.60. The number of carbonyl (C=O) groups is 2. The molecule has 1 aromatic rings. The van der Waals surface area contributed by atoms with E-state index in [-0.39, 0.29) is 18.6 Å². The second-order valence-electron chi connectivity index (χ2n) is 5.35. The van der Waals surface area contributed by atoms with Crippen LogP contribution in [0.5, 0.6) is 0 Å². The van der Waals surface area contributed by atoms with Gasteiger partial charge in [-0.3, -0.25) is 14.9 Å². The first-order chi connectivity index (χ1) is 9.80. The second kappa shape index (κ2) is 6.28. The minimum atomic E-state index is -0.989. The first-order valence-corrected chi connectivity index (χ1v) is 7.49. The zero-order valence-electron chi connectivity index (χ0n) is 11.7. The van der Waals surface area contributed by atoms with E-state index in [0.29, 0.717) is 6.42 Å². The Balaban J connectivity index is 1.89. The van der Waals surface area contributed by atoms with Crippen molar-refractivity contribution in [3.63, 3.8) is 0 Å². The molecule has 0 aliphatic carbocycles. The van der Waals surface area contributed by atoms with E-state index >= 15 is 0 Å². The Kier molecular flexibility index (Phi) is 4.84. The fourth-order valence-corrected chi connectivity index (χ4v) is 2.32. The highest BCUT2D eigenvalue weighted by molar-refractivity contribution is 14.1. The summed E-state index contributed by atoms with van der Waals surface area (Å²) < 4.78 is 7.62. The average molecular weight is 408 g/mol. The number of ether oxygens (including phenoxy) is 1. The number of hydrazine groups is 1. The molecule has 3 N–H and O–H groups in total. The number of aliphatic carboxylic acids is 1. The molecule has 0 saturated carbocycles. The topological polar surface area (TPSA) is 105 Å². The monoisotopic (exact) mass is 408 g/mol. The molecule has 1 aliphatic rings. The van der Waals surface area contributed by atoms with Crippen molar-refractivity contribution in [3.8, 4) is 0 Å². The highest BCUT2D eigenvalue weighted by atomic mass is 127. The summed E-state index contributed by atoms with van der Waals surface area (Å²) >= 11 is 2.12. The number of nitrogens with one attached hydrogen (secondary N) is 2. The largest absolute Gasteiger partial charge is 0.479 e. The van der Waals surface area contributed by atoms with Gasteiger partial charge in [0, 0.05) is 12.6 Å². The van der Waals surface area contributed by atoms with Gasteiger partial charge < -0.3 is 9.84 Å². The number of halogens is 1. The Morgan fingerprint density at radius 2 is 2.29 bits per heavy atom. The Labute approximate surface area is 135 Å². The van der Waals surface area contributed by atoms with Crippen LogP contribution in [0, 0.1) is 3.57 Å². The van der Waals surface area contributed by atoms with Crippen LogP contribution < -0.4 is 10.9 Å². The van der Waals surface area contributed by atoms with Gasteiger partial charge in [0.15, 0.2) is 6.10 Å². The van der Waals surface area contributed by atoms with Gasteiger partial charge in [-0.2, -0.15) is 5.10 Å². The molecule has 1 saturated heterocycles. The van der Waals surface area contributed by atoms with Crippen molar-refractivity contribution in [1.82, 2.24) is 20.6 Å². The summed E-state index contributed by atoms with van der Waals surface area (Å²) in [6, 6.07) is -0.219. The SMILES string of the molecule is CC(C)(C(=O)NNC1CO[C@H](C(=O)O)C1)n1cc(I)cn1. The maximum absolute atomic E-state index is 12.3. The van der Waals surface area contributed by atoms with Gasteiger partial charge in [-0.15, -0.1) is 0 Å². The van der Waals surface area contributed by atoms with Gasteiger partial charge in [0.25, 0.3) is 5.91 Å². The number of rotatable bonds is 5. The molecule has 21 heavy (non-hydrogen) atoms. The minimum absolute atomic E-state index is 0.219. The van der Waals surface area contributed by atoms with E-state index < -0.39 is 17.6 Å². The number of hydrogen-bond acceptors (Lipinski definition) is 5. The maximum Gasteiger partial charge on any atom is 0.332 e. The van der Waals surface area contributed by atoms with Gasteiger partial charge in [-0.05, 0) is 36.4 Å². The van der Waals surface area contributed by atoms with Crippen LogP contribution in [0.1, 0.15) is 20.3 Å². The molecule has 1 aliphatic heterocycles. The van der Waals surface area contributed by atoms with Crippen LogP contribution in [0.4, 0.5) is 0 Å². The van der Waals surface area contributed by atoms with Crippen molar-refractivity contribution >= 4 is 34.5 Å². The molecule has 116 valence electrons. The number of aromatic nitrogens is 2. The standard InChI is InChI=1S/C12H17IN4O4/c1-12(2,17-5-7(13)4-14-17)11(20)16-15-8-3-9(10(18)19)21-6-8/h4-5,8-9,15H,3,6H2,1-2H3,(H,16,20)(H,18,19)/t8?,9-/m0/s1. The van der Waals surface area contributed by atoms with E-state index in [4.69, 9.17) is 9.84 Å².